The zero-order chi connectivity index (χ0) is 14.2. The molecule has 1 aromatic carbocycles. The highest BCUT2D eigenvalue weighted by Crippen LogP contribution is 2.20. The summed E-state index contributed by atoms with van der Waals surface area (Å²) in [6, 6.07) is 3.63. The zero-order valence-electron chi connectivity index (χ0n) is 10.8. The predicted molar refractivity (Wildman–Crippen MR) is 67.5 cm³/mol. The Kier molecular flexibility index (Phi) is 3.60. The lowest BCUT2D eigenvalue weighted by atomic mass is 10.2. The topological polar surface area (TPSA) is 57.7 Å². The molecule has 1 aliphatic rings. The molecule has 0 N–H and O–H groups in total. The molecule has 1 amide bonds. The van der Waals surface area contributed by atoms with Crippen LogP contribution in [0, 0.1) is 12.7 Å². The number of piperazine rings is 1. The molecular weight excluding hydrogens is 271 g/mol. The van der Waals surface area contributed by atoms with Gasteiger partial charge in [-0.05, 0) is 30.7 Å². The third kappa shape index (κ3) is 2.62. The SMILES string of the molecule is Cc1cc(S(=O)(=O)N2CCN(C)C(=O)C2)ccc1F. The van der Waals surface area contributed by atoms with E-state index >= 15 is 0 Å². The van der Waals surface area contributed by atoms with Crippen molar-refractivity contribution in [3.05, 3.63) is 29.6 Å². The maximum atomic E-state index is 13.2. The fourth-order valence-electron chi connectivity index (χ4n) is 1.87. The highest BCUT2D eigenvalue weighted by Gasteiger charge is 2.31. The lowest BCUT2D eigenvalue weighted by Gasteiger charge is -2.31. The quantitative estimate of drug-likeness (QED) is 0.800. The van der Waals surface area contributed by atoms with Crippen LogP contribution in [0.2, 0.25) is 0 Å². The second kappa shape index (κ2) is 4.90. The average Bonchev–Trinajstić information content (AvgIpc) is 2.35. The Labute approximate surface area is 111 Å². The first-order valence-corrected chi connectivity index (χ1v) is 7.26. The molecule has 1 heterocycles. The normalized spacial score (nSPS) is 17.8. The van der Waals surface area contributed by atoms with Gasteiger partial charge in [-0.2, -0.15) is 4.31 Å². The van der Waals surface area contributed by atoms with Crippen LogP contribution in [-0.4, -0.2) is 50.2 Å². The highest BCUT2D eigenvalue weighted by atomic mass is 32.2. The van der Waals surface area contributed by atoms with E-state index in [0.717, 1.165) is 10.4 Å². The van der Waals surface area contributed by atoms with Crippen molar-refractivity contribution >= 4 is 15.9 Å². The van der Waals surface area contributed by atoms with E-state index in [4.69, 9.17) is 0 Å². The van der Waals surface area contributed by atoms with Crippen molar-refractivity contribution in [1.82, 2.24) is 9.21 Å². The molecule has 7 heteroatoms. The lowest BCUT2D eigenvalue weighted by Crippen LogP contribution is -2.50. The van der Waals surface area contributed by atoms with Crippen molar-refractivity contribution < 1.29 is 17.6 Å². The Morgan fingerprint density at radius 1 is 1.26 bits per heavy atom. The second-order valence-electron chi connectivity index (χ2n) is 4.56. The molecule has 5 nitrogen and oxygen atoms in total. The largest absolute Gasteiger partial charge is 0.343 e. The van der Waals surface area contributed by atoms with Gasteiger partial charge in [0.1, 0.15) is 5.82 Å². The van der Waals surface area contributed by atoms with Gasteiger partial charge >= 0.3 is 0 Å². The molecule has 0 aromatic heterocycles. The molecule has 19 heavy (non-hydrogen) atoms. The molecule has 0 atom stereocenters. The van der Waals surface area contributed by atoms with Gasteiger partial charge < -0.3 is 4.90 Å². The Balaban J connectivity index is 2.32. The number of aryl methyl sites for hydroxylation is 1. The van der Waals surface area contributed by atoms with Crippen molar-refractivity contribution in [2.45, 2.75) is 11.8 Å². The third-order valence-corrected chi connectivity index (χ3v) is 5.03. The molecular formula is C12H15FN2O3S. The lowest BCUT2D eigenvalue weighted by molar-refractivity contribution is -0.132. The number of sulfonamides is 1. The predicted octanol–water partition coefficient (Wildman–Crippen LogP) is 0.597. The molecule has 2 rings (SSSR count). The number of hydrogen-bond donors (Lipinski definition) is 0. The van der Waals surface area contributed by atoms with Gasteiger partial charge in [-0.3, -0.25) is 4.79 Å². The number of carbonyl (C=O) groups excluding carboxylic acids is 1. The summed E-state index contributed by atoms with van der Waals surface area (Å²) in [5.74, 6) is -0.693. The maximum absolute atomic E-state index is 13.2. The molecule has 0 radical (unpaired) electrons. The monoisotopic (exact) mass is 286 g/mol. The van der Waals surface area contributed by atoms with Gasteiger partial charge in [0.25, 0.3) is 0 Å². The Morgan fingerprint density at radius 3 is 2.53 bits per heavy atom. The van der Waals surface area contributed by atoms with Crippen LogP contribution in [0.1, 0.15) is 5.56 Å². The summed E-state index contributed by atoms with van der Waals surface area (Å²) in [4.78, 5) is 13.1. The van der Waals surface area contributed by atoms with E-state index in [1.807, 2.05) is 0 Å². The number of amides is 1. The summed E-state index contributed by atoms with van der Waals surface area (Å²) in [6.45, 7) is 1.94. The van der Waals surface area contributed by atoms with Gasteiger partial charge in [-0.15, -0.1) is 0 Å². The summed E-state index contributed by atoms with van der Waals surface area (Å²) >= 11 is 0. The summed E-state index contributed by atoms with van der Waals surface area (Å²) in [5, 5.41) is 0. The third-order valence-electron chi connectivity index (χ3n) is 3.19. The zero-order valence-corrected chi connectivity index (χ0v) is 11.6. The van der Waals surface area contributed by atoms with Gasteiger partial charge in [0.2, 0.25) is 15.9 Å². The molecule has 1 saturated heterocycles. The number of halogens is 1. The molecule has 0 unspecified atom stereocenters. The molecule has 0 bridgehead atoms. The smallest absolute Gasteiger partial charge is 0.243 e. The minimum atomic E-state index is -3.74. The van der Waals surface area contributed by atoms with Crippen molar-refractivity contribution in [2.24, 2.45) is 0 Å². The van der Waals surface area contributed by atoms with Crippen LogP contribution in [-0.2, 0) is 14.8 Å². The van der Waals surface area contributed by atoms with Crippen LogP contribution in [0.15, 0.2) is 23.1 Å². The second-order valence-corrected chi connectivity index (χ2v) is 6.50. The fourth-order valence-corrected chi connectivity index (χ4v) is 3.33. The van der Waals surface area contributed by atoms with E-state index in [-0.39, 0.29) is 29.5 Å². The van der Waals surface area contributed by atoms with E-state index in [2.05, 4.69) is 0 Å². The molecule has 0 aliphatic carbocycles. The summed E-state index contributed by atoms with van der Waals surface area (Å²) in [5.41, 5.74) is 0.265. The van der Waals surface area contributed by atoms with Crippen molar-refractivity contribution in [2.75, 3.05) is 26.7 Å². The molecule has 0 spiro atoms. The Hall–Kier alpha value is -1.47. The number of likely N-dealkylation sites (N-methyl/N-ethyl adjacent to an activating group) is 1. The number of benzene rings is 1. The molecule has 0 saturated carbocycles. The van der Waals surface area contributed by atoms with Crippen LogP contribution in [0.4, 0.5) is 4.39 Å². The Morgan fingerprint density at radius 2 is 1.95 bits per heavy atom. The van der Waals surface area contributed by atoms with E-state index in [9.17, 15) is 17.6 Å². The molecule has 1 aliphatic heterocycles. The summed E-state index contributed by atoms with van der Waals surface area (Å²) < 4.78 is 39.0. The first-order valence-electron chi connectivity index (χ1n) is 5.82. The van der Waals surface area contributed by atoms with Crippen molar-refractivity contribution in [3.63, 3.8) is 0 Å². The van der Waals surface area contributed by atoms with Crippen LogP contribution in [0.5, 0.6) is 0 Å². The molecule has 104 valence electrons. The number of hydrogen-bond acceptors (Lipinski definition) is 3. The van der Waals surface area contributed by atoms with Crippen molar-refractivity contribution in [3.8, 4) is 0 Å². The maximum Gasteiger partial charge on any atom is 0.243 e. The van der Waals surface area contributed by atoms with Crippen molar-refractivity contribution in [1.29, 1.82) is 0 Å². The Bertz CT molecular complexity index is 615. The fraction of sp³-hybridized carbons (Fsp3) is 0.417. The first kappa shape index (κ1) is 14.0. The van der Waals surface area contributed by atoms with E-state index in [1.165, 1.54) is 24.0 Å². The number of carbonyl (C=O) groups is 1. The molecule has 1 fully saturated rings. The van der Waals surface area contributed by atoms with Gasteiger partial charge in [0, 0.05) is 20.1 Å². The average molecular weight is 286 g/mol. The van der Waals surface area contributed by atoms with Gasteiger partial charge in [0.15, 0.2) is 0 Å². The molecule has 1 aromatic rings. The van der Waals surface area contributed by atoms with Gasteiger partial charge in [-0.1, -0.05) is 0 Å². The minimum absolute atomic E-state index is 0.0174. The summed E-state index contributed by atoms with van der Waals surface area (Å²) in [7, 11) is -2.11. The van der Waals surface area contributed by atoms with E-state index in [0.29, 0.717) is 6.54 Å². The van der Waals surface area contributed by atoms with Crippen LogP contribution in [0.25, 0.3) is 0 Å². The standard InChI is InChI=1S/C12H15FN2O3S/c1-9-7-10(3-4-11(9)13)19(17,18)15-6-5-14(2)12(16)8-15/h3-4,7H,5-6,8H2,1-2H3. The minimum Gasteiger partial charge on any atom is -0.343 e. The van der Waals surface area contributed by atoms with Gasteiger partial charge in [0.05, 0.1) is 11.4 Å². The number of rotatable bonds is 2. The summed E-state index contributed by atoms with van der Waals surface area (Å²) in [6.07, 6.45) is 0. The highest BCUT2D eigenvalue weighted by molar-refractivity contribution is 7.89. The van der Waals surface area contributed by atoms with Crippen LogP contribution in [0.3, 0.4) is 0 Å². The van der Waals surface area contributed by atoms with Crippen LogP contribution < -0.4 is 0 Å². The van der Waals surface area contributed by atoms with E-state index in [1.54, 1.807) is 7.05 Å². The van der Waals surface area contributed by atoms with Crippen LogP contribution >= 0.6 is 0 Å². The first-order chi connectivity index (χ1) is 8.82. The van der Waals surface area contributed by atoms with Gasteiger partial charge in [-0.25, -0.2) is 12.8 Å². The number of nitrogens with zero attached hydrogens (tertiary/aromatic N) is 2. The van der Waals surface area contributed by atoms with E-state index < -0.39 is 15.8 Å².